The number of fused-ring (bicyclic) bond motifs is 1. The summed E-state index contributed by atoms with van der Waals surface area (Å²) in [6.07, 6.45) is 8.24. The second-order valence-electron chi connectivity index (χ2n) is 9.88. The number of ketones is 1. The van der Waals surface area contributed by atoms with Crippen molar-refractivity contribution in [3.05, 3.63) is 34.9 Å². The van der Waals surface area contributed by atoms with Gasteiger partial charge in [0.1, 0.15) is 5.71 Å². The van der Waals surface area contributed by atoms with E-state index >= 15 is 0 Å². The van der Waals surface area contributed by atoms with Gasteiger partial charge in [-0.15, -0.1) is 0 Å². The predicted octanol–water partition coefficient (Wildman–Crippen LogP) is 4.98. The zero-order chi connectivity index (χ0) is 20.2. The van der Waals surface area contributed by atoms with Gasteiger partial charge in [0.2, 0.25) is 0 Å². The summed E-state index contributed by atoms with van der Waals surface area (Å²) >= 11 is 6.07. The van der Waals surface area contributed by atoms with Crippen LogP contribution in [0, 0.1) is 17.3 Å². The van der Waals surface area contributed by atoms with Gasteiger partial charge in [0.15, 0.2) is 5.78 Å². The lowest BCUT2D eigenvalue weighted by molar-refractivity contribution is -0.257. The molecule has 5 heteroatoms. The Bertz CT molecular complexity index is 837. The largest absolute Gasteiger partial charge is 0.303 e. The molecule has 4 fully saturated rings. The maximum atomic E-state index is 13.1. The van der Waals surface area contributed by atoms with E-state index < -0.39 is 0 Å². The van der Waals surface area contributed by atoms with Gasteiger partial charge in [0.05, 0.1) is 12.6 Å². The zero-order valence-corrected chi connectivity index (χ0v) is 18.3. The van der Waals surface area contributed by atoms with E-state index in [1.54, 1.807) is 0 Å². The van der Waals surface area contributed by atoms with Crippen LogP contribution in [0.3, 0.4) is 0 Å². The van der Waals surface area contributed by atoms with Gasteiger partial charge in [-0.25, -0.2) is 0 Å². The van der Waals surface area contributed by atoms with Gasteiger partial charge in [-0.3, -0.25) is 9.80 Å². The van der Waals surface area contributed by atoms with Crippen molar-refractivity contribution in [3.63, 3.8) is 0 Å². The molecule has 0 amide bonds. The number of nitrogens with one attached hydrogen (secondary N) is 1. The molecule has 5 atom stereocenters. The number of nitrogens with zero attached hydrogens (tertiary/aromatic N) is 2. The van der Waals surface area contributed by atoms with Gasteiger partial charge in [-0.1, -0.05) is 44.0 Å². The molecule has 29 heavy (non-hydrogen) atoms. The zero-order valence-electron chi connectivity index (χ0n) is 17.6. The molecular weight excluding hydrogens is 382 g/mol. The normalized spacial score (nSPS) is 37.0. The third kappa shape index (κ3) is 2.90. The lowest BCUT2D eigenvalue weighted by Gasteiger charge is -2.79. The second kappa shape index (κ2) is 7.09. The highest BCUT2D eigenvalue weighted by Crippen LogP contribution is 2.75. The minimum absolute atomic E-state index is 0.143. The van der Waals surface area contributed by atoms with Crippen LogP contribution in [0.4, 0.5) is 0 Å². The molecule has 1 N–H and O–H groups in total. The van der Waals surface area contributed by atoms with Gasteiger partial charge in [-0.05, 0) is 67.1 Å². The SMILES string of the molecule is CCCCN1N=C(C(=O)CN[C@]23C[C@H]4CC[C@@H]2C[C@]43C)CC1c1ccc(Cl)cc1. The molecule has 1 aromatic carbocycles. The summed E-state index contributed by atoms with van der Waals surface area (Å²) < 4.78 is 0. The van der Waals surface area contributed by atoms with E-state index in [0.717, 1.165) is 42.0 Å². The molecule has 4 saturated carbocycles. The minimum Gasteiger partial charge on any atom is -0.303 e. The summed E-state index contributed by atoms with van der Waals surface area (Å²) in [5.41, 5.74) is 2.59. The van der Waals surface area contributed by atoms with Gasteiger partial charge < -0.3 is 5.32 Å². The topological polar surface area (TPSA) is 44.7 Å². The second-order valence-corrected chi connectivity index (χ2v) is 10.3. The number of hydrogen-bond acceptors (Lipinski definition) is 4. The van der Waals surface area contributed by atoms with Crippen LogP contribution in [-0.2, 0) is 4.79 Å². The molecule has 1 aromatic rings. The van der Waals surface area contributed by atoms with Crippen molar-refractivity contribution in [1.82, 2.24) is 10.3 Å². The molecule has 0 saturated heterocycles. The molecule has 0 spiro atoms. The molecule has 6 rings (SSSR count). The predicted molar refractivity (Wildman–Crippen MR) is 117 cm³/mol. The van der Waals surface area contributed by atoms with Crippen molar-refractivity contribution in [2.45, 2.75) is 70.4 Å². The Morgan fingerprint density at radius 2 is 2.00 bits per heavy atom. The van der Waals surface area contributed by atoms with Crippen LogP contribution in [0.2, 0.25) is 5.02 Å². The van der Waals surface area contributed by atoms with E-state index in [1.807, 2.05) is 12.1 Å². The first-order valence-corrected chi connectivity index (χ1v) is 11.7. The van der Waals surface area contributed by atoms with E-state index in [2.05, 4.69) is 36.3 Å². The molecule has 4 aliphatic carbocycles. The van der Waals surface area contributed by atoms with E-state index in [9.17, 15) is 4.79 Å². The number of hydrazone groups is 1. The van der Waals surface area contributed by atoms with Gasteiger partial charge in [-0.2, -0.15) is 5.10 Å². The molecule has 4 nitrogen and oxygen atoms in total. The van der Waals surface area contributed by atoms with Crippen molar-refractivity contribution in [3.8, 4) is 0 Å². The Morgan fingerprint density at radius 3 is 2.66 bits per heavy atom. The monoisotopic (exact) mass is 413 g/mol. The molecule has 4 bridgehead atoms. The fourth-order valence-electron chi connectivity index (χ4n) is 6.77. The van der Waals surface area contributed by atoms with E-state index in [4.69, 9.17) is 16.7 Å². The molecule has 0 radical (unpaired) electrons. The van der Waals surface area contributed by atoms with Crippen molar-refractivity contribution in [1.29, 1.82) is 0 Å². The van der Waals surface area contributed by atoms with Crippen molar-refractivity contribution < 1.29 is 4.79 Å². The van der Waals surface area contributed by atoms with Gasteiger partial charge >= 0.3 is 0 Å². The summed E-state index contributed by atoms with van der Waals surface area (Å²) in [7, 11) is 0. The van der Waals surface area contributed by atoms with Crippen LogP contribution in [0.5, 0.6) is 0 Å². The van der Waals surface area contributed by atoms with Crippen molar-refractivity contribution in [2.24, 2.45) is 22.4 Å². The minimum atomic E-state index is 0.143. The number of benzene rings is 1. The maximum absolute atomic E-state index is 13.1. The van der Waals surface area contributed by atoms with Crippen LogP contribution >= 0.6 is 11.6 Å². The molecule has 1 heterocycles. The van der Waals surface area contributed by atoms with Crippen LogP contribution in [0.25, 0.3) is 0 Å². The highest BCUT2D eigenvalue weighted by molar-refractivity contribution is 6.41. The fourth-order valence-corrected chi connectivity index (χ4v) is 6.90. The number of unbranched alkanes of at least 4 members (excludes halogenated alkanes) is 1. The number of carbonyl (C=O) groups excluding carboxylic acids is 1. The molecule has 5 aliphatic rings. The van der Waals surface area contributed by atoms with E-state index in [0.29, 0.717) is 18.4 Å². The third-order valence-corrected chi connectivity index (χ3v) is 8.85. The highest BCUT2D eigenvalue weighted by Gasteiger charge is 2.75. The highest BCUT2D eigenvalue weighted by atomic mass is 35.5. The molecule has 0 aromatic heterocycles. The molecule has 1 unspecified atom stereocenters. The summed E-state index contributed by atoms with van der Waals surface area (Å²) in [6, 6.07) is 8.13. The first kappa shape index (κ1) is 19.6. The lowest BCUT2D eigenvalue weighted by atomic mass is 9.29. The number of rotatable bonds is 8. The first-order chi connectivity index (χ1) is 14.0. The van der Waals surface area contributed by atoms with Crippen LogP contribution in [0.15, 0.2) is 29.4 Å². The summed E-state index contributed by atoms with van der Waals surface area (Å²) in [6.45, 7) is 5.95. The van der Waals surface area contributed by atoms with Crippen LogP contribution < -0.4 is 5.32 Å². The quantitative estimate of drug-likeness (QED) is 0.653. The lowest BCUT2D eigenvalue weighted by Crippen LogP contribution is -2.83. The Hall–Kier alpha value is -1.39. The van der Waals surface area contributed by atoms with Gasteiger partial charge in [0, 0.05) is 23.5 Å². The molecular formula is C24H32ClN3O. The Kier molecular flexibility index (Phi) is 4.78. The smallest absolute Gasteiger partial charge is 0.192 e. The Morgan fingerprint density at radius 1 is 1.24 bits per heavy atom. The fraction of sp³-hybridized carbons (Fsp3) is 0.667. The number of hydrogen-bond donors (Lipinski definition) is 1. The standard InChI is InChI=1S/C24H32ClN3O/c1-3-4-11-28-21(16-5-9-19(25)10-6-16)12-20(27-28)22(29)15-26-24-14-17-7-8-18(24)13-23(17,24)2/h5-6,9-10,17-18,21,26H,3-4,7-8,11-15H2,1-2H3/t17-,18-,21?,23-,24-/m1/s1. The number of Topliss-reactive ketones (excluding diaryl/α,β-unsaturated/α-hetero) is 1. The van der Waals surface area contributed by atoms with Crippen LogP contribution in [-0.4, -0.2) is 35.1 Å². The Balaban J connectivity index is 1.26. The average Bonchev–Trinajstić information content (AvgIpc) is 3.15. The molecule has 156 valence electrons. The maximum Gasteiger partial charge on any atom is 0.192 e. The van der Waals surface area contributed by atoms with Crippen molar-refractivity contribution in [2.75, 3.05) is 13.1 Å². The van der Waals surface area contributed by atoms with Gasteiger partial charge in [0.25, 0.3) is 0 Å². The summed E-state index contributed by atoms with van der Waals surface area (Å²) in [5, 5.41) is 11.4. The van der Waals surface area contributed by atoms with E-state index in [-0.39, 0.29) is 17.4 Å². The van der Waals surface area contributed by atoms with Crippen LogP contribution in [0.1, 0.15) is 70.4 Å². The molecule has 1 aliphatic heterocycles. The Labute approximate surface area is 179 Å². The average molecular weight is 414 g/mol. The summed E-state index contributed by atoms with van der Waals surface area (Å²) in [5.74, 6) is 1.82. The number of halogens is 1. The third-order valence-electron chi connectivity index (χ3n) is 8.60. The number of carbonyl (C=O) groups is 1. The summed E-state index contributed by atoms with van der Waals surface area (Å²) in [4.78, 5) is 13.1. The van der Waals surface area contributed by atoms with Crippen molar-refractivity contribution >= 4 is 23.1 Å². The van der Waals surface area contributed by atoms with E-state index in [1.165, 1.54) is 31.2 Å². The first-order valence-electron chi connectivity index (χ1n) is 11.3.